The number of amides is 1. The third-order valence-electron chi connectivity index (χ3n) is 2.28. The van der Waals surface area contributed by atoms with Crippen LogP contribution >= 0.6 is 0 Å². The van der Waals surface area contributed by atoms with Crippen LogP contribution in [0.1, 0.15) is 34.7 Å². The first-order valence-electron chi connectivity index (χ1n) is 4.29. The topological polar surface area (TPSA) is 78.0 Å². The van der Waals surface area contributed by atoms with Crippen LogP contribution in [-0.4, -0.2) is 22.0 Å². The quantitative estimate of drug-likeness (QED) is 0.707. The number of carbonyl (C=O) groups excluding carboxylic acids is 2. The normalized spacial score (nSPS) is 12.5. The van der Waals surface area contributed by atoms with E-state index in [2.05, 4.69) is 5.10 Å². The molecule has 0 aliphatic heterocycles. The van der Waals surface area contributed by atoms with Crippen LogP contribution in [0.15, 0.2) is 0 Å². The molecule has 5 nitrogen and oxygen atoms in total. The first-order valence-corrected chi connectivity index (χ1v) is 4.29. The Labute approximate surface area is 81.9 Å². The molecule has 2 N–H and O–H groups in total. The summed E-state index contributed by atoms with van der Waals surface area (Å²) in [5, 5.41) is 4.09. The molecule has 1 amide bonds. The summed E-state index contributed by atoms with van der Waals surface area (Å²) in [6.07, 6.45) is 0.738. The lowest BCUT2D eigenvalue weighted by Crippen LogP contribution is -2.25. The lowest BCUT2D eigenvalue weighted by atomic mass is 10.2. The van der Waals surface area contributed by atoms with E-state index in [0.29, 0.717) is 17.0 Å². The fourth-order valence-electron chi connectivity index (χ4n) is 1.34. The number of rotatable bonds is 3. The maximum absolute atomic E-state index is 10.9. The van der Waals surface area contributed by atoms with Crippen molar-refractivity contribution in [1.82, 2.24) is 9.78 Å². The highest BCUT2D eigenvalue weighted by Crippen LogP contribution is 2.15. The first kappa shape index (κ1) is 10.4. The Morgan fingerprint density at radius 1 is 1.57 bits per heavy atom. The number of aryl methyl sites for hydroxylation is 1. The van der Waals surface area contributed by atoms with Crippen LogP contribution in [0.4, 0.5) is 0 Å². The van der Waals surface area contributed by atoms with Crippen LogP contribution in [0.5, 0.6) is 0 Å². The zero-order chi connectivity index (χ0) is 10.9. The Kier molecular flexibility index (Phi) is 2.69. The minimum Gasteiger partial charge on any atom is -0.368 e. The molecule has 0 saturated carbocycles. The van der Waals surface area contributed by atoms with Crippen molar-refractivity contribution in [3.63, 3.8) is 0 Å². The Bertz CT molecular complexity index is 382. The Morgan fingerprint density at radius 3 is 2.50 bits per heavy atom. The number of aromatic nitrogens is 2. The molecule has 1 heterocycles. The van der Waals surface area contributed by atoms with Gasteiger partial charge in [-0.2, -0.15) is 5.10 Å². The van der Waals surface area contributed by atoms with Gasteiger partial charge < -0.3 is 5.73 Å². The van der Waals surface area contributed by atoms with Crippen LogP contribution in [0.2, 0.25) is 0 Å². The highest BCUT2D eigenvalue weighted by atomic mass is 16.1. The summed E-state index contributed by atoms with van der Waals surface area (Å²) < 4.78 is 1.47. The molecule has 5 heteroatoms. The molecule has 1 atom stereocenters. The molecule has 0 aliphatic carbocycles. The van der Waals surface area contributed by atoms with Gasteiger partial charge in [0.2, 0.25) is 5.91 Å². The molecule has 0 saturated heterocycles. The highest BCUT2D eigenvalue weighted by molar-refractivity contribution is 5.80. The van der Waals surface area contributed by atoms with Crippen molar-refractivity contribution in [2.24, 2.45) is 5.73 Å². The Morgan fingerprint density at radius 2 is 2.14 bits per heavy atom. The Balaban J connectivity index is 3.23. The second-order valence-corrected chi connectivity index (χ2v) is 3.23. The molecule has 0 aromatic carbocycles. The van der Waals surface area contributed by atoms with Crippen LogP contribution in [0.3, 0.4) is 0 Å². The second kappa shape index (κ2) is 3.61. The van der Waals surface area contributed by atoms with Gasteiger partial charge in [0.25, 0.3) is 0 Å². The van der Waals surface area contributed by atoms with E-state index in [0.717, 1.165) is 6.29 Å². The van der Waals surface area contributed by atoms with Crippen molar-refractivity contribution in [3.05, 3.63) is 17.0 Å². The Hall–Kier alpha value is -1.65. The molecular weight excluding hydrogens is 182 g/mol. The molecule has 0 bridgehead atoms. The standard InChI is InChI=1S/C9H13N3O2/c1-5-8(4-13)6(2)12(11-5)7(3)9(10)14/h4,7H,1-3H3,(H2,10,14). The van der Waals surface area contributed by atoms with Gasteiger partial charge >= 0.3 is 0 Å². The van der Waals surface area contributed by atoms with Gasteiger partial charge in [-0.3, -0.25) is 14.3 Å². The molecule has 0 radical (unpaired) electrons. The smallest absolute Gasteiger partial charge is 0.242 e. The molecule has 14 heavy (non-hydrogen) atoms. The number of carbonyl (C=O) groups is 2. The highest BCUT2D eigenvalue weighted by Gasteiger charge is 2.18. The molecule has 1 rings (SSSR count). The third kappa shape index (κ3) is 1.53. The minimum absolute atomic E-state index is 0.465. The summed E-state index contributed by atoms with van der Waals surface area (Å²) >= 11 is 0. The van der Waals surface area contributed by atoms with Crippen LogP contribution in [0.25, 0.3) is 0 Å². The molecule has 0 aliphatic rings. The summed E-state index contributed by atoms with van der Waals surface area (Å²) in [4.78, 5) is 21.6. The average molecular weight is 195 g/mol. The lowest BCUT2D eigenvalue weighted by molar-refractivity contribution is -0.121. The molecule has 0 fully saturated rings. The van der Waals surface area contributed by atoms with Gasteiger partial charge in [0.1, 0.15) is 6.04 Å². The van der Waals surface area contributed by atoms with E-state index in [4.69, 9.17) is 5.73 Å². The van der Waals surface area contributed by atoms with Gasteiger partial charge in [0.15, 0.2) is 6.29 Å². The van der Waals surface area contributed by atoms with Gasteiger partial charge in [-0.25, -0.2) is 0 Å². The number of hydrogen-bond donors (Lipinski definition) is 1. The number of nitrogens with two attached hydrogens (primary N) is 1. The summed E-state index contributed by atoms with van der Waals surface area (Å²) in [5.41, 5.74) is 6.96. The van der Waals surface area contributed by atoms with Gasteiger partial charge in [-0.1, -0.05) is 0 Å². The monoisotopic (exact) mass is 195 g/mol. The molecule has 1 aromatic heterocycles. The van der Waals surface area contributed by atoms with Crippen LogP contribution < -0.4 is 5.73 Å². The fourth-order valence-corrected chi connectivity index (χ4v) is 1.34. The van der Waals surface area contributed by atoms with Crippen molar-refractivity contribution in [1.29, 1.82) is 0 Å². The van der Waals surface area contributed by atoms with E-state index >= 15 is 0 Å². The van der Waals surface area contributed by atoms with Gasteiger partial charge in [0, 0.05) is 5.69 Å². The largest absolute Gasteiger partial charge is 0.368 e. The number of primary amides is 1. The third-order valence-corrected chi connectivity index (χ3v) is 2.28. The summed E-state index contributed by atoms with van der Waals surface area (Å²) in [6.45, 7) is 5.11. The fraction of sp³-hybridized carbons (Fsp3) is 0.444. The predicted octanol–water partition coefficient (Wildman–Crippen LogP) is 0.359. The van der Waals surface area contributed by atoms with E-state index in [9.17, 15) is 9.59 Å². The zero-order valence-electron chi connectivity index (χ0n) is 8.44. The number of nitrogens with zero attached hydrogens (tertiary/aromatic N) is 2. The number of hydrogen-bond acceptors (Lipinski definition) is 3. The lowest BCUT2D eigenvalue weighted by Gasteiger charge is -2.09. The first-order chi connectivity index (χ1) is 6.49. The predicted molar refractivity (Wildman–Crippen MR) is 51.0 cm³/mol. The van der Waals surface area contributed by atoms with Crippen LogP contribution in [0, 0.1) is 13.8 Å². The number of aldehydes is 1. The van der Waals surface area contributed by atoms with Gasteiger partial charge in [-0.15, -0.1) is 0 Å². The zero-order valence-corrected chi connectivity index (χ0v) is 8.44. The van der Waals surface area contributed by atoms with Gasteiger partial charge in [-0.05, 0) is 20.8 Å². The summed E-state index contributed by atoms with van der Waals surface area (Å²) in [6, 6.07) is -0.526. The van der Waals surface area contributed by atoms with E-state index in [1.165, 1.54) is 4.68 Å². The van der Waals surface area contributed by atoms with E-state index in [1.54, 1.807) is 20.8 Å². The average Bonchev–Trinajstić information content (AvgIpc) is 2.40. The second-order valence-electron chi connectivity index (χ2n) is 3.23. The van der Waals surface area contributed by atoms with Crippen molar-refractivity contribution in [3.8, 4) is 0 Å². The maximum atomic E-state index is 10.9. The molecule has 0 spiro atoms. The summed E-state index contributed by atoms with van der Waals surface area (Å²) in [7, 11) is 0. The van der Waals surface area contributed by atoms with Crippen molar-refractivity contribution < 1.29 is 9.59 Å². The van der Waals surface area contributed by atoms with E-state index in [1.807, 2.05) is 0 Å². The SMILES string of the molecule is Cc1nn(C(C)C(N)=O)c(C)c1C=O. The van der Waals surface area contributed by atoms with Crippen LogP contribution in [-0.2, 0) is 4.79 Å². The van der Waals surface area contributed by atoms with Crippen molar-refractivity contribution in [2.75, 3.05) is 0 Å². The van der Waals surface area contributed by atoms with Crippen molar-refractivity contribution in [2.45, 2.75) is 26.8 Å². The van der Waals surface area contributed by atoms with Gasteiger partial charge in [0.05, 0.1) is 11.3 Å². The molecular formula is C9H13N3O2. The molecule has 76 valence electrons. The minimum atomic E-state index is -0.526. The van der Waals surface area contributed by atoms with E-state index < -0.39 is 11.9 Å². The molecule has 1 unspecified atom stereocenters. The van der Waals surface area contributed by atoms with Crippen molar-refractivity contribution >= 4 is 12.2 Å². The van der Waals surface area contributed by atoms with E-state index in [-0.39, 0.29) is 0 Å². The molecule has 1 aromatic rings. The summed E-state index contributed by atoms with van der Waals surface area (Å²) in [5.74, 6) is -0.465. The maximum Gasteiger partial charge on any atom is 0.242 e.